The molecule has 0 saturated heterocycles. The van der Waals surface area contributed by atoms with E-state index in [-0.39, 0.29) is 5.56 Å². The predicted molar refractivity (Wildman–Crippen MR) is 76.4 cm³/mol. The number of benzene rings is 1. The molecule has 0 saturated carbocycles. The van der Waals surface area contributed by atoms with Crippen LogP contribution >= 0.6 is 11.3 Å². The highest BCUT2D eigenvalue weighted by Crippen LogP contribution is 2.36. The Morgan fingerprint density at radius 2 is 2.00 bits per heavy atom. The van der Waals surface area contributed by atoms with E-state index in [1.807, 2.05) is 13.8 Å². The molecule has 0 amide bonds. The molecule has 3 aromatic rings. The number of aryl methyl sites for hydroxylation is 2. The minimum absolute atomic E-state index is 0.266. The summed E-state index contributed by atoms with van der Waals surface area (Å²) in [6, 6.07) is 3.24. The number of aromatic amines is 1. The second kappa shape index (κ2) is 4.84. The van der Waals surface area contributed by atoms with E-state index in [1.165, 1.54) is 17.4 Å². The summed E-state index contributed by atoms with van der Waals surface area (Å²) in [6.45, 7) is 3.75. The van der Waals surface area contributed by atoms with E-state index in [4.69, 9.17) is 0 Å². The number of aromatic nitrogens is 3. The van der Waals surface area contributed by atoms with E-state index in [1.54, 1.807) is 11.6 Å². The molecule has 2 aromatic heterocycles. The average molecular weight is 311 g/mol. The fraction of sp³-hybridized carbons (Fsp3) is 0.286. The highest BCUT2D eigenvalue weighted by molar-refractivity contribution is 7.17. The topological polar surface area (TPSA) is 41.6 Å². The molecular formula is C14H12F3N3S. The van der Waals surface area contributed by atoms with Crippen LogP contribution in [0.3, 0.4) is 0 Å². The van der Waals surface area contributed by atoms with Gasteiger partial charge in [-0.1, -0.05) is 12.1 Å². The van der Waals surface area contributed by atoms with Gasteiger partial charge in [0.1, 0.15) is 0 Å². The Hall–Kier alpha value is -1.89. The summed E-state index contributed by atoms with van der Waals surface area (Å²) in [5.41, 5.74) is 5.87. The second-order valence-corrected chi connectivity index (χ2v) is 5.76. The minimum atomic E-state index is -4.22. The summed E-state index contributed by atoms with van der Waals surface area (Å²) in [6.07, 6.45) is -5.16. The van der Waals surface area contributed by atoms with Crippen molar-refractivity contribution in [2.75, 3.05) is 0 Å². The predicted octanol–water partition coefficient (Wildman–Crippen LogP) is 4.41. The zero-order valence-electron chi connectivity index (χ0n) is 11.4. The summed E-state index contributed by atoms with van der Waals surface area (Å²) in [7, 11) is 0. The molecule has 0 aliphatic carbocycles. The van der Waals surface area contributed by atoms with E-state index in [0.29, 0.717) is 10.2 Å². The van der Waals surface area contributed by atoms with E-state index < -0.39 is 12.6 Å². The lowest BCUT2D eigenvalue weighted by atomic mass is 10.00. The molecule has 0 spiro atoms. The summed E-state index contributed by atoms with van der Waals surface area (Å²) in [5, 5.41) is 7.03. The Labute approximate surface area is 122 Å². The van der Waals surface area contributed by atoms with Gasteiger partial charge in [0.2, 0.25) is 0 Å². The molecule has 0 aliphatic rings. The summed E-state index contributed by atoms with van der Waals surface area (Å²) in [4.78, 5) is 4.26. The van der Waals surface area contributed by atoms with Crippen molar-refractivity contribution >= 4 is 21.6 Å². The van der Waals surface area contributed by atoms with Crippen molar-refractivity contribution in [2.24, 2.45) is 0 Å². The van der Waals surface area contributed by atoms with Crippen molar-refractivity contribution in [3.05, 3.63) is 34.6 Å². The van der Waals surface area contributed by atoms with Gasteiger partial charge < -0.3 is 0 Å². The van der Waals surface area contributed by atoms with Crippen LogP contribution < -0.4 is 0 Å². The number of halogens is 3. The molecule has 1 N–H and O–H groups in total. The Morgan fingerprint density at radius 1 is 1.24 bits per heavy atom. The lowest BCUT2D eigenvalue weighted by Crippen LogP contribution is -2.11. The molecule has 1 aromatic carbocycles. The zero-order valence-corrected chi connectivity index (χ0v) is 12.2. The van der Waals surface area contributed by atoms with Gasteiger partial charge in [0.05, 0.1) is 27.8 Å². The van der Waals surface area contributed by atoms with Gasteiger partial charge in [0.25, 0.3) is 0 Å². The molecule has 110 valence electrons. The third-order valence-corrected chi connectivity index (χ3v) is 4.26. The van der Waals surface area contributed by atoms with E-state index in [2.05, 4.69) is 15.2 Å². The van der Waals surface area contributed by atoms with Gasteiger partial charge in [0, 0.05) is 16.8 Å². The largest absolute Gasteiger partial charge is 0.393 e. The zero-order chi connectivity index (χ0) is 15.2. The van der Waals surface area contributed by atoms with Crippen molar-refractivity contribution in [3.8, 4) is 11.1 Å². The maximum Gasteiger partial charge on any atom is 0.393 e. The Morgan fingerprint density at radius 3 is 2.62 bits per heavy atom. The highest BCUT2D eigenvalue weighted by atomic mass is 32.1. The van der Waals surface area contributed by atoms with Crippen LogP contribution in [0, 0.1) is 13.8 Å². The van der Waals surface area contributed by atoms with Gasteiger partial charge in [-0.3, -0.25) is 5.10 Å². The summed E-state index contributed by atoms with van der Waals surface area (Å²) < 4.78 is 38.5. The van der Waals surface area contributed by atoms with Gasteiger partial charge in [-0.25, -0.2) is 4.98 Å². The normalized spacial score (nSPS) is 12.2. The first-order chi connectivity index (χ1) is 9.87. The van der Waals surface area contributed by atoms with Gasteiger partial charge in [-0.05, 0) is 19.4 Å². The fourth-order valence-corrected chi connectivity index (χ4v) is 3.34. The lowest BCUT2D eigenvalue weighted by Gasteiger charge is -2.09. The molecular weight excluding hydrogens is 299 g/mol. The Kier molecular flexibility index (Phi) is 3.24. The average Bonchev–Trinajstić information content (AvgIpc) is 2.97. The van der Waals surface area contributed by atoms with Crippen LogP contribution in [0.15, 0.2) is 17.6 Å². The molecule has 0 bridgehead atoms. The number of rotatable bonds is 2. The van der Waals surface area contributed by atoms with Crippen LogP contribution in [0.5, 0.6) is 0 Å². The summed E-state index contributed by atoms with van der Waals surface area (Å²) in [5.74, 6) is 0. The molecule has 0 atom stereocenters. The van der Waals surface area contributed by atoms with Gasteiger partial charge >= 0.3 is 6.18 Å². The van der Waals surface area contributed by atoms with Crippen molar-refractivity contribution < 1.29 is 13.2 Å². The van der Waals surface area contributed by atoms with E-state index in [9.17, 15) is 13.2 Å². The first kappa shape index (κ1) is 14.1. The Balaban J connectivity index is 2.20. The number of hydrogen-bond acceptors (Lipinski definition) is 3. The Bertz CT molecular complexity index is 782. The third-order valence-electron chi connectivity index (χ3n) is 3.35. The number of thiazole rings is 1. The fourth-order valence-electron chi connectivity index (χ4n) is 2.51. The molecule has 0 aliphatic heterocycles. The molecule has 0 unspecified atom stereocenters. The molecule has 3 nitrogen and oxygen atoms in total. The van der Waals surface area contributed by atoms with Gasteiger partial charge in [-0.2, -0.15) is 18.3 Å². The standard InChI is InChI=1S/C14H12F3N3S/c1-7-11(8(2)20-19-7)10-4-3-9(5-14(15,16)17)13-12(10)18-6-21-13/h3-4,6H,5H2,1-2H3,(H,19,20). The van der Waals surface area contributed by atoms with Crippen molar-refractivity contribution in [3.63, 3.8) is 0 Å². The number of nitrogens with zero attached hydrogens (tertiary/aromatic N) is 2. The van der Waals surface area contributed by atoms with Crippen LogP contribution in [0.25, 0.3) is 21.3 Å². The number of hydrogen-bond donors (Lipinski definition) is 1. The molecule has 0 fully saturated rings. The SMILES string of the molecule is Cc1n[nH]c(C)c1-c1ccc(CC(F)(F)F)c2scnc12. The molecule has 7 heteroatoms. The van der Waals surface area contributed by atoms with Crippen LogP contribution in [0.4, 0.5) is 13.2 Å². The van der Waals surface area contributed by atoms with Crippen molar-refractivity contribution in [2.45, 2.75) is 26.4 Å². The van der Waals surface area contributed by atoms with E-state index in [0.717, 1.165) is 22.5 Å². The smallest absolute Gasteiger partial charge is 0.282 e. The monoisotopic (exact) mass is 311 g/mol. The maximum absolute atomic E-state index is 12.6. The number of fused-ring (bicyclic) bond motifs is 1. The quantitative estimate of drug-likeness (QED) is 0.761. The molecule has 21 heavy (non-hydrogen) atoms. The summed E-state index contributed by atoms with van der Waals surface area (Å²) >= 11 is 1.24. The number of nitrogens with one attached hydrogen (secondary N) is 1. The third kappa shape index (κ3) is 2.53. The number of H-pyrrole nitrogens is 1. The number of alkyl halides is 3. The van der Waals surface area contributed by atoms with Crippen molar-refractivity contribution in [1.82, 2.24) is 15.2 Å². The van der Waals surface area contributed by atoms with Crippen LogP contribution in [-0.4, -0.2) is 21.4 Å². The van der Waals surface area contributed by atoms with Crippen LogP contribution in [0.1, 0.15) is 17.0 Å². The first-order valence-electron chi connectivity index (χ1n) is 6.30. The van der Waals surface area contributed by atoms with Crippen molar-refractivity contribution in [1.29, 1.82) is 0 Å². The first-order valence-corrected chi connectivity index (χ1v) is 7.18. The van der Waals surface area contributed by atoms with Gasteiger partial charge in [0.15, 0.2) is 0 Å². The molecule has 2 heterocycles. The van der Waals surface area contributed by atoms with Crippen LogP contribution in [-0.2, 0) is 6.42 Å². The maximum atomic E-state index is 12.6. The molecule has 3 rings (SSSR count). The lowest BCUT2D eigenvalue weighted by molar-refractivity contribution is -0.126. The molecule has 0 radical (unpaired) electrons. The van der Waals surface area contributed by atoms with Crippen LogP contribution in [0.2, 0.25) is 0 Å². The van der Waals surface area contributed by atoms with Gasteiger partial charge in [-0.15, -0.1) is 11.3 Å². The second-order valence-electron chi connectivity index (χ2n) is 4.90. The highest BCUT2D eigenvalue weighted by Gasteiger charge is 2.29. The minimum Gasteiger partial charge on any atom is -0.282 e. The van der Waals surface area contributed by atoms with E-state index >= 15 is 0 Å².